The van der Waals surface area contributed by atoms with Crippen LogP contribution in [-0.4, -0.2) is 23.5 Å². The largest absolute Gasteiger partial charge is 0.291 e. The van der Waals surface area contributed by atoms with Gasteiger partial charge in [-0.3, -0.25) is 4.90 Å². The molecule has 1 rings (SSSR count). The monoisotopic (exact) mass is 193 g/mol. The number of hydrogen-bond donors (Lipinski definition) is 0. The van der Waals surface area contributed by atoms with Gasteiger partial charge in [-0.25, -0.2) is 0 Å². The van der Waals surface area contributed by atoms with Gasteiger partial charge in [0.15, 0.2) is 0 Å². The van der Waals surface area contributed by atoms with E-state index in [9.17, 15) is 0 Å². The van der Waals surface area contributed by atoms with Crippen molar-refractivity contribution in [3.05, 3.63) is 23.8 Å². The van der Waals surface area contributed by atoms with Crippen LogP contribution in [0.1, 0.15) is 40.5 Å². The molecule has 0 N–H and O–H groups in total. The molecule has 14 heavy (non-hydrogen) atoms. The quantitative estimate of drug-likeness (QED) is 0.478. The molecule has 0 aliphatic carbocycles. The molecule has 0 saturated carbocycles. The van der Waals surface area contributed by atoms with Crippen LogP contribution in [0.3, 0.4) is 0 Å². The summed E-state index contributed by atoms with van der Waals surface area (Å²) in [6, 6.07) is 1.45. The third-order valence-electron chi connectivity index (χ3n) is 3.09. The van der Waals surface area contributed by atoms with Gasteiger partial charge >= 0.3 is 0 Å². The zero-order valence-electron chi connectivity index (χ0n) is 9.96. The zero-order valence-corrected chi connectivity index (χ0v) is 9.96. The Morgan fingerprint density at radius 2 is 2.21 bits per heavy atom. The van der Waals surface area contributed by atoms with Gasteiger partial charge in [-0.05, 0) is 32.3 Å². The van der Waals surface area contributed by atoms with Crippen LogP contribution in [0.2, 0.25) is 0 Å². The van der Waals surface area contributed by atoms with Gasteiger partial charge in [0.05, 0.1) is 0 Å². The van der Waals surface area contributed by atoms with E-state index in [1.807, 2.05) is 0 Å². The third kappa shape index (κ3) is 2.71. The van der Waals surface area contributed by atoms with E-state index in [1.54, 1.807) is 0 Å². The average molecular weight is 193 g/mol. The molecule has 80 valence electrons. The first-order valence-corrected chi connectivity index (χ1v) is 5.83. The standard InChI is InChI=1S/C13H23N/c1-5-8-9-12(6-2)11(4)14-10-13(14)7-3/h6,8-9,11,13H,5,7,10H2,1-4H3/b9-8-,12-6+. The number of allylic oxidation sites excluding steroid dienone is 2. The Kier molecular flexibility index (Phi) is 4.40. The first-order chi connectivity index (χ1) is 6.74. The second-order valence-electron chi connectivity index (χ2n) is 4.03. The van der Waals surface area contributed by atoms with Crippen LogP contribution in [0.25, 0.3) is 0 Å². The van der Waals surface area contributed by atoms with Gasteiger partial charge in [0.1, 0.15) is 0 Å². The summed E-state index contributed by atoms with van der Waals surface area (Å²) < 4.78 is 0. The highest BCUT2D eigenvalue weighted by atomic mass is 15.3. The van der Waals surface area contributed by atoms with Crippen molar-refractivity contribution < 1.29 is 0 Å². The van der Waals surface area contributed by atoms with E-state index < -0.39 is 0 Å². The van der Waals surface area contributed by atoms with Crippen LogP contribution in [0, 0.1) is 0 Å². The van der Waals surface area contributed by atoms with Crippen molar-refractivity contribution in [2.45, 2.75) is 52.6 Å². The summed E-state index contributed by atoms with van der Waals surface area (Å²) in [4.78, 5) is 2.56. The van der Waals surface area contributed by atoms with E-state index in [4.69, 9.17) is 0 Å². The zero-order chi connectivity index (χ0) is 10.6. The Balaban J connectivity index is 2.50. The molecule has 1 heteroatoms. The average Bonchev–Trinajstić information content (AvgIpc) is 2.97. The fraction of sp³-hybridized carbons (Fsp3) is 0.692. The minimum Gasteiger partial charge on any atom is -0.291 e. The van der Waals surface area contributed by atoms with Crippen molar-refractivity contribution >= 4 is 0 Å². The second kappa shape index (κ2) is 5.35. The van der Waals surface area contributed by atoms with E-state index in [1.165, 1.54) is 18.5 Å². The van der Waals surface area contributed by atoms with Crippen molar-refractivity contribution in [2.24, 2.45) is 0 Å². The van der Waals surface area contributed by atoms with Crippen molar-refractivity contribution in [1.29, 1.82) is 0 Å². The van der Waals surface area contributed by atoms with E-state index in [0.717, 1.165) is 12.5 Å². The van der Waals surface area contributed by atoms with Gasteiger partial charge in [-0.1, -0.05) is 32.1 Å². The predicted molar refractivity (Wildman–Crippen MR) is 63.4 cm³/mol. The Bertz CT molecular complexity index is 227. The second-order valence-corrected chi connectivity index (χ2v) is 4.03. The lowest BCUT2D eigenvalue weighted by molar-refractivity contribution is 0.439. The van der Waals surface area contributed by atoms with Gasteiger partial charge in [0, 0.05) is 18.6 Å². The highest BCUT2D eigenvalue weighted by molar-refractivity contribution is 5.25. The van der Waals surface area contributed by atoms with Gasteiger partial charge in [-0.15, -0.1) is 0 Å². The maximum Gasteiger partial charge on any atom is 0.0320 e. The summed E-state index contributed by atoms with van der Waals surface area (Å²) >= 11 is 0. The van der Waals surface area contributed by atoms with Crippen LogP contribution in [0.5, 0.6) is 0 Å². The van der Waals surface area contributed by atoms with E-state index in [0.29, 0.717) is 6.04 Å². The maximum absolute atomic E-state index is 2.56. The van der Waals surface area contributed by atoms with Crippen molar-refractivity contribution in [2.75, 3.05) is 6.54 Å². The van der Waals surface area contributed by atoms with E-state index >= 15 is 0 Å². The summed E-state index contributed by atoms with van der Waals surface area (Å²) in [5.74, 6) is 0. The fourth-order valence-corrected chi connectivity index (χ4v) is 1.96. The minimum atomic E-state index is 0.604. The fourth-order valence-electron chi connectivity index (χ4n) is 1.96. The van der Waals surface area contributed by atoms with Crippen molar-refractivity contribution in [3.8, 4) is 0 Å². The lowest BCUT2D eigenvalue weighted by Gasteiger charge is -2.15. The summed E-state index contributed by atoms with van der Waals surface area (Å²) in [5, 5.41) is 0. The molecule has 0 aromatic rings. The molecule has 3 unspecified atom stereocenters. The predicted octanol–water partition coefficient (Wildman–Crippen LogP) is 3.38. The molecule has 0 aromatic carbocycles. The molecule has 0 bridgehead atoms. The van der Waals surface area contributed by atoms with Crippen LogP contribution in [-0.2, 0) is 0 Å². The molecule has 1 fully saturated rings. The van der Waals surface area contributed by atoms with Gasteiger partial charge in [0.25, 0.3) is 0 Å². The Morgan fingerprint density at radius 3 is 2.64 bits per heavy atom. The SMILES string of the molecule is C/C=C(\C=C/CC)C(C)N1CC1CC. The molecule has 0 spiro atoms. The molecule has 1 heterocycles. The van der Waals surface area contributed by atoms with Crippen molar-refractivity contribution in [1.82, 2.24) is 4.90 Å². The smallest absolute Gasteiger partial charge is 0.0320 e. The molecule has 1 aliphatic rings. The Hall–Kier alpha value is -0.560. The number of hydrogen-bond acceptors (Lipinski definition) is 1. The molecule has 0 amide bonds. The number of nitrogens with zero attached hydrogens (tertiary/aromatic N) is 1. The molecule has 1 aliphatic heterocycles. The first kappa shape index (κ1) is 11.5. The molecule has 0 radical (unpaired) electrons. The molecule has 1 nitrogen and oxygen atoms in total. The van der Waals surface area contributed by atoms with Crippen LogP contribution in [0.15, 0.2) is 23.8 Å². The van der Waals surface area contributed by atoms with Crippen molar-refractivity contribution in [3.63, 3.8) is 0 Å². The Morgan fingerprint density at radius 1 is 1.50 bits per heavy atom. The highest BCUT2D eigenvalue weighted by Crippen LogP contribution is 2.27. The van der Waals surface area contributed by atoms with E-state index in [-0.39, 0.29) is 0 Å². The number of rotatable bonds is 5. The first-order valence-electron chi connectivity index (χ1n) is 5.83. The maximum atomic E-state index is 2.56. The summed E-state index contributed by atoms with van der Waals surface area (Å²) in [5.41, 5.74) is 1.46. The molecule has 0 aromatic heterocycles. The summed E-state index contributed by atoms with van der Waals surface area (Å²) in [7, 11) is 0. The van der Waals surface area contributed by atoms with E-state index in [2.05, 4.69) is 50.8 Å². The summed E-state index contributed by atoms with van der Waals surface area (Å²) in [6.07, 6.45) is 9.17. The van der Waals surface area contributed by atoms with Crippen LogP contribution in [0.4, 0.5) is 0 Å². The lowest BCUT2D eigenvalue weighted by Crippen LogP contribution is -2.18. The van der Waals surface area contributed by atoms with Crippen LogP contribution < -0.4 is 0 Å². The molecule has 1 saturated heterocycles. The molecular formula is C13H23N. The van der Waals surface area contributed by atoms with Gasteiger partial charge < -0.3 is 0 Å². The van der Waals surface area contributed by atoms with Crippen LogP contribution >= 0.6 is 0 Å². The minimum absolute atomic E-state index is 0.604. The normalized spacial score (nSPS) is 29.6. The highest BCUT2D eigenvalue weighted by Gasteiger charge is 2.36. The lowest BCUT2D eigenvalue weighted by atomic mass is 10.1. The third-order valence-corrected chi connectivity index (χ3v) is 3.09. The van der Waals surface area contributed by atoms with Gasteiger partial charge in [-0.2, -0.15) is 0 Å². The summed E-state index contributed by atoms with van der Waals surface area (Å²) in [6.45, 7) is 10.2. The molecular weight excluding hydrogens is 170 g/mol. The topological polar surface area (TPSA) is 3.01 Å². The Labute approximate surface area is 88.5 Å². The molecule has 3 atom stereocenters. The van der Waals surface area contributed by atoms with Gasteiger partial charge in [0.2, 0.25) is 0 Å².